The van der Waals surface area contributed by atoms with Gasteiger partial charge in [-0.1, -0.05) is 24.3 Å². The lowest BCUT2D eigenvalue weighted by atomic mass is 10.1. The average Bonchev–Trinajstić information content (AvgIpc) is 2.87. The van der Waals surface area contributed by atoms with Gasteiger partial charge in [-0.25, -0.2) is 0 Å². The molecule has 1 aromatic rings. The van der Waals surface area contributed by atoms with Crippen molar-refractivity contribution < 1.29 is 9.59 Å². The second-order valence-corrected chi connectivity index (χ2v) is 5.09. The molecule has 1 aliphatic heterocycles. The molecule has 0 spiro atoms. The van der Waals surface area contributed by atoms with Crippen LogP contribution >= 0.6 is 0 Å². The van der Waals surface area contributed by atoms with Crippen molar-refractivity contribution in [2.75, 3.05) is 7.05 Å². The van der Waals surface area contributed by atoms with E-state index in [-0.39, 0.29) is 23.9 Å². The van der Waals surface area contributed by atoms with Crippen molar-refractivity contribution in [1.29, 1.82) is 0 Å². The Morgan fingerprint density at radius 1 is 1.11 bits per heavy atom. The molecule has 4 heteroatoms. The molecular weight excluding hydrogens is 228 g/mol. The molecule has 1 fully saturated rings. The third-order valence-corrected chi connectivity index (χ3v) is 3.87. The largest absolute Gasteiger partial charge is 0.302 e. The molecule has 0 saturated carbocycles. The highest BCUT2D eigenvalue weighted by molar-refractivity contribution is 6.05. The van der Waals surface area contributed by atoms with Crippen LogP contribution in [0.1, 0.15) is 17.5 Å². The summed E-state index contributed by atoms with van der Waals surface area (Å²) in [6, 6.07) is 8.28. The predicted molar refractivity (Wildman–Crippen MR) is 67.0 cm³/mol. The summed E-state index contributed by atoms with van der Waals surface area (Å²) in [5.74, 6) is -0.191. The summed E-state index contributed by atoms with van der Waals surface area (Å²) in [6.07, 6.45) is 2.18. The number of likely N-dealkylation sites (N-methyl/N-ethyl adjacent to an activating group) is 1. The first-order chi connectivity index (χ1) is 8.65. The number of benzene rings is 1. The monoisotopic (exact) mass is 244 g/mol. The molecule has 0 aromatic heterocycles. The summed E-state index contributed by atoms with van der Waals surface area (Å²) in [5.41, 5.74) is 2.69. The summed E-state index contributed by atoms with van der Waals surface area (Å²) in [4.78, 5) is 24.5. The van der Waals surface area contributed by atoms with Gasteiger partial charge in [0.1, 0.15) is 0 Å². The van der Waals surface area contributed by atoms with Crippen molar-refractivity contribution in [2.24, 2.45) is 0 Å². The van der Waals surface area contributed by atoms with E-state index >= 15 is 0 Å². The number of carbonyl (C=O) groups is 2. The van der Waals surface area contributed by atoms with E-state index in [1.807, 2.05) is 12.1 Å². The van der Waals surface area contributed by atoms with E-state index in [1.54, 1.807) is 7.05 Å². The number of rotatable bonds is 2. The van der Waals surface area contributed by atoms with Crippen LogP contribution in [0.15, 0.2) is 24.3 Å². The van der Waals surface area contributed by atoms with Crippen LogP contribution in [0.2, 0.25) is 0 Å². The first-order valence-electron chi connectivity index (χ1n) is 6.28. The average molecular weight is 244 g/mol. The van der Waals surface area contributed by atoms with Crippen molar-refractivity contribution in [3.05, 3.63) is 35.4 Å². The first kappa shape index (κ1) is 11.4. The lowest BCUT2D eigenvalue weighted by molar-refractivity contribution is -0.137. The van der Waals surface area contributed by atoms with Gasteiger partial charge in [0, 0.05) is 13.1 Å². The molecule has 0 radical (unpaired) electrons. The zero-order valence-corrected chi connectivity index (χ0v) is 10.3. The molecule has 0 bridgehead atoms. The van der Waals surface area contributed by atoms with Crippen molar-refractivity contribution in [2.45, 2.75) is 31.3 Å². The Balaban J connectivity index is 1.67. The summed E-state index contributed by atoms with van der Waals surface area (Å²) in [6.45, 7) is 0. The van der Waals surface area contributed by atoms with E-state index in [9.17, 15) is 9.59 Å². The molecule has 2 amide bonds. The van der Waals surface area contributed by atoms with E-state index in [0.717, 1.165) is 12.8 Å². The molecule has 94 valence electrons. The van der Waals surface area contributed by atoms with Gasteiger partial charge in [-0.15, -0.1) is 0 Å². The predicted octanol–water partition coefficient (Wildman–Crippen LogP) is 0.501. The first-order valence-corrected chi connectivity index (χ1v) is 6.28. The van der Waals surface area contributed by atoms with E-state index in [4.69, 9.17) is 0 Å². The summed E-state index contributed by atoms with van der Waals surface area (Å²) < 4.78 is 0. The second-order valence-electron chi connectivity index (χ2n) is 5.09. The van der Waals surface area contributed by atoms with Gasteiger partial charge in [-0.05, 0) is 24.0 Å². The van der Waals surface area contributed by atoms with Gasteiger partial charge in [-0.3, -0.25) is 14.5 Å². The van der Waals surface area contributed by atoms with E-state index in [1.165, 1.54) is 16.0 Å². The smallest absolute Gasteiger partial charge is 0.246 e. The van der Waals surface area contributed by atoms with E-state index < -0.39 is 0 Å². The normalized spacial score (nSPS) is 23.8. The Hall–Kier alpha value is -1.68. The number of nitrogens with zero attached hydrogens (tertiary/aromatic N) is 1. The molecule has 3 rings (SSSR count). The Morgan fingerprint density at radius 2 is 1.72 bits per heavy atom. The number of hydrogen-bond donors (Lipinski definition) is 1. The Labute approximate surface area is 106 Å². The third-order valence-electron chi connectivity index (χ3n) is 3.87. The molecular formula is C14H16N2O2. The minimum Gasteiger partial charge on any atom is -0.302 e. The lowest BCUT2D eigenvalue weighted by Gasteiger charge is -2.16. The van der Waals surface area contributed by atoms with Gasteiger partial charge in [0.2, 0.25) is 11.8 Å². The fourth-order valence-corrected chi connectivity index (χ4v) is 2.85. The minimum atomic E-state index is -0.332. The SMILES string of the molecule is CN1C(=O)CC(NC2Cc3ccccc3C2)C1=O. The number of carbonyl (C=O) groups excluding carboxylic acids is 2. The maximum absolute atomic E-state index is 11.8. The molecule has 1 aromatic carbocycles. The van der Waals surface area contributed by atoms with Crippen LogP contribution in [0.25, 0.3) is 0 Å². The van der Waals surface area contributed by atoms with Gasteiger partial charge >= 0.3 is 0 Å². The lowest BCUT2D eigenvalue weighted by Crippen LogP contribution is -2.43. The maximum atomic E-state index is 11.8. The minimum absolute atomic E-state index is 0.0898. The summed E-state index contributed by atoms with van der Waals surface area (Å²) >= 11 is 0. The van der Waals surface area contributed by atoms with Gasteiger partial charge in [0.25, 0.3) is 0 Å². The second kappa shape index (κ2) is 4.21. The number of imide groups is 1. The third kappa shape index (κ3) is 1.82. The van der Waals surface area contributed by atoms with Gasteiger partial charge in [-0.2, -0.15) is 0 Å². The standard InChI is InChI=1S/C14H16N2O2/c1-16-13(17)8-12(14(16)18)15-11-6-9-4-2-3-5-10(9)7-11/h2-5,11-12,15H,6-8H2,1H3. The maximum Gasteiger partial charge on any atom is 0.246 e. The highest BCUT2D eigenvalue weighted by atomic mass is 16.2. The van der Waals surface area contributed by atoms with Crippen LogP contribution in [0.5, 0.6) is 0 Å². The Bertz CT molecular complexity index is 487. The molecule has 4 nitrogen and oxygen atoms in total. The van der Waals surface area contributed by atoms with Crippen LogP contribution in [0, 0.1) is 0 Å². The van der Waals surface area contributed by atoms with Crippen LogP contribution < -0.4 is 5.32 Å². The zero-order chi connectivity index (χ0) is 12.7. The van der Waals surface area contributed by atoms with Crippen LogP contribution in [-0.2, 0) is 22.4 Å². The number of hydrogen-bond acceptors (Lipinski definition) is 3. The van der Waals surface area contributed by atoms with Crippen LogP contribution in [-0.4, -0.2) is 35.8 Å². The van der Waals surface area contributed by atoms with Gasteiger partial charge < -0.3 is 5.32 Å². The molecule has 1 N–H and O–H groups in total. The summed E-state index contributed by atoms with van der Waals surface area (Å²) in [7, 11) is 1.55. The van der Waals surface area contributed by atoms with Crippen LogP contribution in [0.3, 0.4) is 0 Å². The van der Waals surface area contributed by atoms with Crippen molar-refractivity contribution >= 4 is 11.8 Å². The molecule has 18 heavy (non-hydrogen) atoms. The van der Waals surface area contributed by atoms with Gasteiger partial charge in [0.15, 0.2) is 0 Å². The topological polar surface area (TPSA) is 49.4 Å². The number of nitrogens with one attached hydrogen (secondary N) is 1. The fourth-order valence-electron chi connectivity index (χ4n) is 2.85. The Morgan fingerprint density at radius 3 is 2.22 bits per heavy atom. The van der Waals surface area contributed by atoms with Crippen molar-refractivity contribution in [3.63, 3.8) is 0 Å². The summed E-state index contributed by atoms with van der Waals surface area (Å²) in [5, 5.41) is 3.32. The quantitative estimate of drug-likeness (QED) is 0.771. The fraction of sp³-hybridized carbons (Fsp3) is 0.429. The number of amides is 2. The van der Waals surface area contributed by atoms with Crippen molar-refractivity contribution in [3.8, 4) is 0 Å². The van der Waals surface area contributed by atoms with Crippen molar-refractivity contribution in [1.82, 2.24) is 10.2 Å². The van der Waals surface area contributed by atoms with Crippen LogP contribution in [0.4, 0.5) is 0 Å². The van der Waals surface area contributed by atoms with E-state index in [0.29, 0.717) is 6.42 Å². The van der Waals surface area contributed by atoms with Gasteiger partial charge in [0.05, 0.1) is 12.5 Å². The molecule has 1 aliphatic carbocycles. The zero-order valence-electron chi connectivity index (χ0n) is 10.3. The number of likely N-dealkylation sites (tertiary alicyclic amines) is 1. The molecule has 1 saturated heterocycles. The highest BCUT2D eigenvalue weighted by Crippen LogP contribution is 2.23. The molecule has 1 heterocycles. The number of fused-ring (bicyclic) bond motifs is 1. The Kier molecular flexibility index (Phi) is 2.67. The molecule has 1 atom stereocenters. The molecule has 1 unspecified atom stereocenters. The highest BCUT2D eigenvalue weighted by Gasteiger charge is 2.37. The molecule has 2 aliphatic rings. The van der Waals surface area contributed by atoms with E-state index in [2.05, 4.69) is 17.4 Å².